The summed E-state index contributed by atoms with van der Waals surface area (Å²) >= 11 is 0. The van der Waals surface area contributed by atoms with Crippen molar-refractivity contribution < 1.29 is 9.59 Å². The number of aryl methyl sites for hydroxylation is 1. The van der Waals surface area contributed by atoms with Crippen LogP contribution in [0.3, 0.4) is 0 Å². The van der Waals surface area contributed by atoms with Crippen molar-refractivity contribution in [1.29, 1.82) is 0 Å². The lowest BCUT2D eigenvalue weighted by Gasteiger charge is -2.23. The fourth-order valence-corrected chi connectivity index (χ4v) is 3.72. The number of carbonyl (C=O) groups is 2. The molecule has 3 rings (SSSR count). The van der Waals surface area contributed by atoms with Gasteiger partial charge in [0.25, 0.3) is 0 Å². The highest BCUT2D eigenvalue weighted by atomic mass is 16.1. The van der Waals surface area contributed by atoms with Crippen molar-refractivity contribution in [3.05, 3.63) is 130 Å². The molecule has 0 heterocycles. The summed E-state index contributed by atoms with van der Waals surface area (Å²) in [6, 6.07) is 23.4. The molecular weight excluding hydrogens is 488 g/mol. The van der Waals surface area contributed by atoms with Crippen molar-refractivity contribution in [2.24, 2.45) is 0 Å². The van der Waals surface area contributed by atoms with Crippen molar-refractivity contribution in [2.75, 3.05) is 0 Å². The van der Waals surface area contributed by atoms with Gasteiger partial charge in [-0.05, 0) is 42.7 Å². The van der Waals surface area contributed by atoms with Crippen LogP contribution in [-0.4, -0.2) is 11.6 Å². The number of benzene rings is 3. The number of ketones is 2. The zero-order valence-corrected chi connectivity index (χ0v) is 25.8. The highest BCUT2D eigenvalue weighted by Crippen LogP contribution is 2.27. The van der Waals surface area contributed by atoms with E-state index in [1.807, 2.05) is 63.3 Å². The molecule has 0 amide bonds. The average Bonchev–Trinajstić information content (AvgIpc) is 2.93. The van der Waals surface area contributed by atoms with Crippen molar-refractivity contribution in [3.8, 4) is 12.8 Å². The maximum Gasteiger partial charge on any atom is 0.193 e. The third-order valence-electron chi connectivity index (χ3n) is 6.54. The van der Waals surface area contributed by atoms with Crippen LogP contribution in [0.15, 0.2) is 96.6 Å². The van der Waals surface area contributed by atoms with Crippen LogP contribution < -0.4 is 0 Å². The van der Waals surface area contributed by atoms with Gasteiger partial charge in [0.2, 0.25) is 0 Å². The number of Topliss-reactive ketones (excluding diaryl/α,β-unsaturated/α-hetero) is 1. The topological polar surface area (TPSA) is 34.1 Å². The molecule has 0 aromatic heterocycles. The molecule has 0 fully saturated rings. The smallest absolute Gasteiger partial charge is 0.193 e. The number of carbonyl (C=O) groups excluding carboxylic acids is 2. The number of allylic oxidation sites excluding steroid dienone is 4. The largest absolute Gasteiger partial charge is 0.294 e. The van der Waals surface area contributed by atoms with Gasteiger partial charge in [-0.2, -0.15) is 0 Å². The summed E-state index contributed by atoms with van der Waals surface area (Å²) in [7, 11) is 0. The highest BCUT2D eigenvalue weighted by molar-refractivity contribution is 6.09. The average molecular weight is 535 g/mol. The molecule has 0 saturated carbocycles. The first kappa shape index (κ1) is 34.1. The van der Waals surface area contributed by atoms with Crippen LogP contribution in [0, 0.1) is 19.8 Å². The molecular formula is C38H46O2. The molecule has 0 saturated heterocycles. The van der Waals surface area contributed by atoms with E-state index in [2.05, 4.69) is 78.7 Å². The fourth-order valence-electron chi connectivity index (χ4n) is 3.72. The van der Waals surface area contributed by atoms with Gasteiger partial charge in [0.05, 0.1) is 0 Å². The van der Waals surface area contributed by atoms with Crippen molar-refractivity contribution >= 4 is 11.6 Å². The summed E-state index contributed by atoms with van der Waals surface area (Å²) in [5.41, 5.74) is 7.46. The van der Waals surface area contributed by atoms with Gasteiger partial charge in [-0.3, -0.25) is 9.59 Å². The van der Waals surface area contributed by atoms with Crippen LogP contribution in [0.1, 0.15) is 105 Å². The summed E-state index contributed by atoms with van der Waals surface area (Å²) < 4.78 is 0. The van der Waals surface area contributed by atoms with Crippen LogP contribution in [-0.2, 0) is 10.8 Å². The minimum atomic E-state index is -0.0300. The summed E-state index contributed by atoms with van der Waals surface area (Å²) in [6.45, 7) is 19.4. The Hall–Kier alpha value is -3.96. The monoisotopic (exact) mass is 534 g/mol. The second-order valence-corrected chi connectivity index (χ2v) is 11.9. The number of terminal acetylenes is 1. The lowest BCUT2D eigenvalue weighted by Crippen LogP contribution is -2.14. The van der Waals surface area contributed by atoms with Gasteiger partial charge in [0.15, 0.2) is 11.6 Å². The van der Waals surface area contributed by atoms with Crippen molar-refractivity contribution in [2.45, 2.75) is 79.6 Å². The third kappa shape index (κ3) is 11.0. The molecule has 0 unspecified atom stereocenters. The van der Waals surface area contributed by atoms with Gasteiger partial charge >= 0.3 is 0 Å². The van der Waals surface area contributed by atoms with Crippen LogP contribution in [0.5, 0.6) is 0 Å². The van der Waals surface area contributed by atoms with Gasteiger partial charge in [0.1, 0.15) is 0 Å². The summed E-state index contributed by atoms with van der Waals surface area (Å²) in [5.74, 6) is 0.0158. The molecule has 0 spiro atoms. The predicted molar refractivity (Wildman–Crippen MR) is 172 cm³/mol. The predicted octanol–water partition coefficient (Wildman–Crippen LogP) is 9.85. The Balaban J connectivity index is 0.000000425. The molecule has 2 nitrogen and oxygen atoms in total. The molecule has 0 N–H and O–H groups in total. The lowest BCUT2D eigenvalue weighted by molar-refractivity contribution is 0.0992. The van der Waals surface area contributed by atoms with E-state index in [-0.39, 0.29) is 22.4 Å². The first-order valence-electron chi connectivity index (χ1n) is 13.7. The highest BCUT2D eigenvalue weighted by Gasteiger charge is 2.16. The van der Waals surface area contributed by atoms with Gasteiger partial charge in [-0.15, -0.1) is 12.8 Å². The molecule has 3 aromatic carbocycles. The Morgan fingerprint density at radius 3 is 1.43 bits per heavy atom. The molecule has 0 aliphatic heterocycles. The van der Waals surface area contributed by atoms with E-state index in [1.165, 1.54) is 11.1 Å². The Kier molecular flexibility index (Phi) is 13.3. The molecule has 3 aromatic rings. The summed E-state index contributed by atoms with van der Waals surface area (Å²) in [4.78, 5) is 24.6. The number of rotatable bonds is 6. The number of hydrogen-bond acceptors (Lipinski definition) is 2. The standard InChI is InChI=1S/C22H22O2.C14H22.C2H2/c1-4-16(2)6-5-7-21(23)18-12-14-20(15-13-18)22(24)19-10-8-17(3)9-11-19;1-13(2,3)11-7-9-12(10-8-11)14(4,5)6;1-2/h4-6,8-15H,7H2,1-3H3;7-10H,1-6H3;1-2H/b6-5-,16-4-;;. The summed E-state index contributed by atoms with van der Waals surface area (Å²) in [5, 5.41) is 0. The van der Waals surface area contributed by atoms with E-state index in [0.29, 0.717) is 23.1 Å². The minimum absolute atomic E-state index is 0.0300. The van der Waals surface area contributed by atoms with Crippen LogP contribution in [0.25, 0.3) is 0 Å². The van der Waals surface area contributed by atoms with Crippen LogP contribution >= 0.6 is 0 Å². The van der Waals surface area contributed by atoms with E-state index < -0.39 is 0 Å². The van der Waals surface area contributed by atoms with Crippen molar-refractivity contribution in [1.82, 2.24) is 0 Å². The Bertz CT molecular complexity index is 1270. The van der Waals surface area contributed by atoms with Gasteiger partial charge in [0, 0.05) is 23.1 Å². The van der Waals surface area contributed by atoms with Gasteiger partial charge in [-0.25, -0.2) is 0 Å². The Labute approximate surface area is 243 Å². The van der Waals surface area contributed by atoms with E-state index in [4.69, 9.17) is 0 Å². The lowest BCUT2D eigenvalue weighted by atomic mass is 9.82. The molecule has 0 bridgehead atoms. The normalized spacial score (nSPS) is 11.6. The molecule has 210 valence electrons. The van der Waals surface area contributed by atoms with E-state index in [9.17, 15) is 9.59 Å². The maximum absolute atomic E-state index is 12.4. The van der Waals surface area contributed by atoms with Crippen molar-refractivity contribution in [3.63, 3.8) is 0 Å². The van der Waals surface area contributed by atoms with Crippen LogP contribution in [0.4, 0.5) is 0 Å². The van der Waals surface area contributed by atoms with E-state index in [0.717, 1.165) is 11.1 Å². The third-order valence-corrected chi connectivity index (χ3v) is 6.54. The zero-order valence-electron chi connectivity index (χ0n) is 25.8. The fraction of sp³-hybridized carbons (Fsp3) is 0.316. The second kappa shape index (κ2) is 15.6. The Morgan fingerprint density at radius 2 is 1.05 bits per heavy atom. The zero-order chi connectivity index (χ0) is 30.5. The SMILES string of the molecule is C#C.C/C=C(C)\C=C/CC(=O)c1ccc(C(=O)c2ccc(C)cc2)cc1.CC(C)(C)c1ccc(C(C)(C)C)cc1. The molecule has 0 atom stereocenters. The minimum Gasteiger partial charge on any atom is -0.294 e. The van der Waals surface area contributed by atoms with Gasteiger partial charge in [-0.1, -0.05) is 144 Å². The maximum atomic E-state index is 12.4. The van der Waals surface area contributed by atoms with Gasteiger partial charge < -0.3 is 0 Å². The molecule has 2 heteroatoms. The van der Waals surface area contributed by atoms with E-state index >= 15 is 0 Å². The molecule has 0 aliphatic rings. The quantitative estimate of drug-likeness (QED) is 0.179. The van der Waals surface area contributed by atoms with E-state index in [1.54, 1.807) is 24.3 Å². The summed E-state index contributed by atoms with van der Waals surface area (Å²) in [6.07, 6.45) is 14.2. The second-order valence-electron chi connectivity index (χ2n) is 11.9. The number of hydrogen-bond donors (Lipinski definition) is 0. The molecule has 0 aliphatic carbocycles. The first-order chi connectivity index (χ1) is 18.7. The Morgan fingerprint density at radius 1 is 0.675 bits per heavy atom. The molecule has 0 radical (unpaired) electrons. The van der Waals surface area contributed by atoms with Crippen LogP contribution in [0.2, 0.25) is 0 Å². The first-order valence-corrected chi connectivity index (χ1v) is 13.7. The molecule has 40 heavy (non-hydrogen) atoms.